The summed E-state index contributed by atoms with van der Waals surface area (Å²) in [6, 6.07) is 2.01. The number of nitrogens with zero attached hydrogens (tertiary/aromatic N) is 1. The Balaban J connectivity index is 2.44. The Labute approximate surface area is 107 Å². The van der Waals surface area contributed by atoms with E-state index in [-0.39, 0.29) is 5.92 Å². The minimum absolute atomic E-state index is 0.184. The van der Waals surface area contributed by atoms with Gasteiger partial charge in [0.2, 0.25) is 0 Å². The number of rotatable bonds is 4. The lowest BCUT2D eigenvalue weighted by atomic mass is 9.80. The van der Waals surface area contributed by atoms with Crippen LogP contribution in [0.15, 0.2) is 48.5 Å². The van der Waals surface area contributed by atoms with Gasteiger partial charge in [-0.05, 0) is 34.8 Å². The molecule has 0 amide bonds. The summed E-state index contributed by atoms with van der Waals surface area (Å²) in [6.45, 7) is 3.88. The minimum atomic E-state index is 0.184. The maximum absolute atomic E-state index is 7.54. The number of pyridine rings is 1. The number of hydrogen-bond acceptors (Lipinski definition) is 3. The highest BCUT2D eigenvalue weighted by molar-refractivity contribution is 5.79. The Bertz CT molecular complexity index is 526. The van der Waals surface area contributed by atoms with Crippen LogP contribution in [0.25, 0.3) is 6.08 Å². The van der Waals surface area contributed by atoms with Crippen LogP contribution in [0.3, 0.4) is 0 Å². The molecule has 2 N–H and O–H groups in total. The summed E-state index contributed by atoms with van der Waals surface area (Å²) >= 11 is 0. The maximum Gasteiger partial charge on any atom is 0.0306 e. The second-order valence-corrected chi connectivity index (χ2v) is 4.26. The fraction of sp³-hybridized carbons (Fsp3) is 0.200. The molecule has 0 bridgehead atoms. The van der Waals surface area contributed by atoms with Crippen molar-refractivity contribution < 1.29 is 0 Å². The standard InChI is InChI=1S/C15H17N3/c1-3-11-6-12-4-5-18-10-13(12)7-15(11)14(8-16)9-17-2/h3-6,8-10,15-17H,1,7H2,2H3/b14-9+,16-8?. The zero-order valence-corrected chi connectivity index (χ0v) is 10.5. The number of hydrogen-bond donors (Lipinski definition) is 2. The van der Waals surface area contributed by atoms with Crippen LogP contribution < -0.4 is 5.32 Å². The predicted molar refractivity (Wildman–Crippen MR) is 75.5 cm³/mol. The van der Waals surface area contributed by atoms with E-state index in [4.69, 9.17) is 5.41 Å². The lowest BCUT2D eigenvalue weighted by Crippen LogP contribution is -2.17. The molecule has 0 radical (unpaired) electrons. The van der Waals surface area contributed by atoms with Gasteiger partial charge in [0, 0.05) is 37.8 Å². The van der Waals surface area contributed by atoms with Gasteiger partial charge in [-0.1, -0.05) is 18.7 Å². The normalized spacial score (nSPS) is 18.6. The molecule has 1 heterocycles. The maximum atomic E-state index is 7.54. The van der Waals surface area contributed by atoms with Crippen LogP contribution in [0.4, 0.5) is 0 Å². The molecule has 3 nitrogen and oxygen atoms in total. The highest BCUT2D eigenvalue weighted by Crippen LogP contribution is 2.32. The fourth-order valence-electron chi connectivity index (χ4n) is 2.29. The third-order valence-electron chi connectivity index (χ3n) is 3.21. The Hall–Kier alpha value is -2.16. The Kier molecular flexibility index (Phi) is 3.72. The third kappa shape index (κ3) is 2.25. The van der Waals surface area contributed by atoms with Gasteiger partial charge in [-0.2, -0.15) is 0 Å². The summed E-state index contributed by atoms with van der Waals surface area (Å²) in [5.74, 6) is 0.184. The molecule has 3 heteroatoms. The molecule has 0 saturated carbocycles. The topological polar surface area (TPSA) is 48.8 Å². The smallest absolute Gasteiger partial charge is 0.0306 e. The highest BCUT2D eigenvalue weighted by atomic mass is 14.8. The SMILES string of the molecule is C=CC1=Cc2ccncc2CC1/C(C=N)=C/NC. The van der Waals surface area contributed by atoms with Crippen LogP contribution in [0, 0.1) is 11.3 Å². The Morgan fingerprint density at radius 3 is 3.11 bits per heavy atom. The van der Waals surface area contributed by atoms with Gasteiger partial charge in [0.25, 0.3) is 0 Å². The summed E-state index contributed by atoms with van der Waals surface area (Å²) in [6.07, 6.45) is 11.9. The number of nitrogens with one attached hydrogen (secondary N) is 2. The van der Waals surface area contributed by atoms with E-state index in [1.54, 1.807) is 6.20 Å². The van der Waals surface area contributed by atoms with Gasteiger partial charge < -0.3 is 10.7 Å². The van der Waals surface area contributed by atoms with Crippen LogP contribution in [-0.4, -0.2) is 18.2 Å². The zero-order chi connectivity index (χ0) is 13.0. The van der Waals surface area contributed by atoms with Crippen LogP contribution >= 0.6 is 0 Å². The molecule has 0 saturated heterocycles. The van der Waals surface area contributed by atoms with Crippen molar-refractivity contribution in [1.82, 2.24) is 10.3 Å². The first-order valence-corrected chi connectivity index (χ1v) is 5.95. The average Bonchev–Trinajstić information content (AvgIpc) is 2.43. The minimum Gasteiger partial charge on any atom is -0.394 e. The van der Waals surface area contributed by atoms with Crippen molar-refractivity contribution in [3.63, 3.8) is 0 Å². The van der Waals surface area contributed by atoms with Gasteiger partial charge in [-0.25, -0.2) is 0 Å². The Morgan fingerprint density at radius 1 is 1.61 bits per heavy atom. The van der Waals surface area contributed by atoms with Crippen molar-refractivity contribution in [2.24, 2.45) is 5.92 Å². The molecule has 1 aromatic heterocycles. The molecular weight excluding hydrogens is 222 g/mol. The van der Waals surface area contributed by atoms with E-state index < -0.39 is 0 Å². The number of fused-ring (bicyclic) bond motifs is 1. The molecule has 1 aliphatic rings. The first-order chi connectivity index (χ1) is 8.80. The van der Waals surface area contributed by atoms with Crippen LogP contribution in [0.2, 0.25) is 0 Å². The quantitative estimate of drug-likeness (QED) is 0.793. The van der Waals surface area contributed by atoms with E-state index in [0.717, 1.165) is 17.6 Å². The fourth-order valence-corrected chi connectivity index (χ4v) is 2.29. The molecule has 18 heavy (non-hydrogen) atoms. The van der Waals surface area contributed by atoms with Crippen molar-refractivity contribution >= 4 is 12.3 Å². The van der Waals surface area contributed by atoms with Crippen LogP contribution in [0.5, 0.6) is 0 Å². The molecule has 2 rings (SSSR count). The van der Waals surface area contributed by atoms with E-state index in [2.05, 4.69) is 23.0 Å². The lowest BCUT2D eigenvalue weighted by molar-refractivity contribution is 0.734. The average molecular weight is 239 g/mol. The largest absolute Gasteiger partial charge is 0.394 e. The molecule has 0 aliphatic heterocycles. The molecule has 0 aromatic carbocycles. The predicted octanol–water partition coefficient (Wildman–Crippen LogP) is 2.58. The molecule has 1 unspecified atom stereocenters. The van der Waals surface area contributed by atoms with Crippen LogP contribution in [0.1, 0.15) is 11.1 Å². The highest BCUT2D eigenvalue weighted by Gasteiger charge is 2.22. The summed E-state index contributed by atoms with van der Waals surface area (Å²) in [5, 5.41) is 10.5. The third-order valence-corrected chi connectivity index (χ3v) is 3.21. The van der Waals surface area contributed by atoms with Crippen molar-refractivity contribution in [2.45, 2.75) is 6.42 Å². The first kappa shape index (κ1) is 12.3. The van der Waals surface area contributed by atoms with Crippen LogP contribution in [-0.2, 0) is 6.42 Å². The molecule has 1 aliphatic carbocycles. The summed E-state index contributed by atoms with van der Waals surface area (Å²) in [5.41, 5.74) is 4.53. The van der Waals surface area contributed by atoms with E-state index in [9.17, 15) is 0 Å². The van der Waals surface area contributed by atoms with Crippen molar-refractivity contribution in [1.29, 1.82) is 5.41 Å². The van der Waals surface area contributed by atoms with Crippen molar-refractivity contribution in [2.75, 3.05) is 7.05 Å². The lowest BCUT2D eigenvalue weighted by Gasteiger charge is -2.24. The van der Waals surface area contributed by atoms with E-state index >= 15 is 0 Å². The van der Waals surface area contributed by atoms with Gasteiger partial charge >= 0.3 is 0 Å². The van der Waals surface area contributed by atoms with Crippen molar-refractivity contribution in [3.8, 4) is 0 Å². The molecule has 0 fully saturated rings. The van der Waals surface area contributed by atoms with E-state index in [1.807, 2.05) is 31.6 Å². The van der Waals surface area contributed by atoms with Gasteiger partial charge in [0.15, 0.2) is 0 Å². The summed E-state index contributed by atoms with van der Waals surface area (Å²) in [4.78, 5) is 4.17. The second-order valence-electron chi connectivity index (χ2n) is 4.26. The van der Waals surface area contributed by atoms with Gasteiger partial charge in [0.05, 0.1) is 0 Å². The first-order valence-electron chi connectivity index (χ1n) is 5.95. The van der Waals surface area contributed by atoms with Crippen molar-refractivity contribution in [3.05, 3.63) is 59.6 Å². The monoisotopic (exact) mass is 239 g/mol. The van der Waals surface area contributed by atoms with E-state index in [1.165, 1.54) is 17.3 Å². The van der Waals surface area contributed by atoms with Gasteiger partial charge in [-0.3, -0.25) is 4.98 Å². The molecule has 0 spiro atoms. The number of aromatic nitrogens is 1. The zero-order valence-electron chi connectivity index (χ0n) is 10.5. The van der Waals surface area contributed by atoms with Gasteiger partial charge in [-0.15, -0.1) is 0 Å². The second kappa shape index (κ2) is 5.45. The molecule has 92 valence electrons. The molecule has 1 aromatic rings. The summed E-state index contributed by atoms with van der Waals surface area (Å²) < 4.78 is 0. The Morgan fingerprint density at radius 2 is 2.44 bits per heavy atom. The number of allylic oxidation sites excluding steroid dienone is 3. The van der Waals surface area contributed by atoms with E-state index in [0.29, 0.717) is 0 Å². The summed E-state index contributed by atoms with van der Waals surface area (Å²) in [7, 11) is 1.85. The molecule has 1 atom stereocenters. The van der Waals surface area contributed by atoms with Gasteiger partial charge in [0.1, 0.15) is 0 Å². The molecular formula is C15H17N3.